The summed E-state index contributed by atoms with van der Waals surface area (Å²) in [6, 6.07) is 3.26. The van der Waals surface area contributed by atoms with Crippen molar-refractivity contribution in [2.45, 2.75) is 6.18 Å². The largest absolute Gasteiger partial charge is 0.417 e. The Bertz CT molecular complexity index is 918. The fourth-order valence-corrected chi connectivity index (χ4v) is 3.96. The van der Waals surface area contributed by atoms with E-state index in [4.69, 9.17) is 11.6 Å². The Hall–Kier alpha value is -2.21. The highest BCUT2D eigenvalue weighted by atomic mass is 35.5. The van der Waals surface area contributed by atoms with Crippen LogP contribution in [0.4, 0.5) is 24.0 Å². The number of hydrogen-bond acceptors (Lipinski definition) is 6. The minimum absolute atomic E-state index is 0.0381. The van der Waals surface area contributed by atoms with Gasteiger partial charge in [-0.15, -0.1) is 11.3 Å². The molecule has 0 bridgehead atoms. The predicted octanol–water partition coefficient (Wildman–Crippen LogP) is 3.03. The molecule has 2 heterocycles. The van der Waals surface area contributed by atoms with Crippen LogP contribution in [0.1, 0.15) is 5.56 Å². The van der Waals surface area contributed by atoms with Crippen LogP contribution in [0.25, 0.3) is 0 Å². The maximum absolute atomic E-state index is 13.0. The number of benzene rings is 1. The normalized spacial score (nSPS) is 15.6. The molecule has 0 aliphatic carbocycles. The first kappa shape index (κ1) is 23.5. The van der Waals surface area contributed by atoms with Crippen LogP contribution in [0.3, 0.4) is 0 Å². The Morgan fingerprint density at radius 3 is 2.42 bits per heavy atom. The standard InChI is InChI=1S/C19H21ClF3N5O2S/c1-26(18-24-4-9-31-18)17(30)12-28-7-5-27(6-8-28)11-16(29)25-13-2-3-15(20)14(10-13)19(21,22)23/h2-4,9-10H,5-8,11-12H2,1H3,(H,25,29). The van der Waals surface area contributed by atoms with E-state index in [1.165, 1.54) is 22.3 Å². The summed E-state index contributed by atoms with van der Waals surface area (Å²) in [6.45, 7) is 2.63. The number of anilines is 2. The highest BCUT2D eigenvalue weighted by Crippen LogP contribution is 2.36. The topological polar surface area (TPSA) is 68.8 Å². The summed E-state index contributed by atoms with van der Waals surface area (Å²) in [6.07, 6.45) is -2.96. The van der Waals surface area contributed by atoms with E-state index in [9.17, 15) is 22.8 Å². The van der Waals surface area contributed by atoms with Gasteiger partial charge in [0.25, 0.3) is 0 Å². The molecule has 1 aromatic heterocycles. The van der Waals surface area contributed by atoms with E-state index in [2.05, 4.69) is 10.3 Å². The third-order valence-corrected chi connectivity index (χ3v) is 6.00. The quantitative estimate of drug-likeness (QED) is 0.695. The molecular formula is C19H21ClF3N5O2S. The zero-order chi connectivity index (χ0) is 22.6. The van der Waals surface area contributed by atoms with E-state index in [0.29, 0.717) is 31.3 Å². The second-order valence-electron chi connectivity index (χ2n) is 7.06. The Balaban J connectivity index is 1.45. The zero-order valence-electron chi connectivity index (χ0n) is 16.7. The molecule has 1 fully saturated rings. The van der Waals surface area contributed by atoms with Crippen molar-refractivity contribution < 1.29 is 22.8 Å². The molecule has 0 unspecified atom stereocenters. The van der Waals surface area contributed by atoms with Crippen LogP contribution < -0.4 is 10.2 Å². The summed E-state index contributed by atoms with van der Waals surface area (Å²) < 4.78 is 38.9. The summed E-state index contributed by atoms with van der Waals surface area (Å²) in [7, 11) is 1.68. The van der Waals surface area contributed by atoms with Gasteiger partial charge in [-0.2, -0.15) is 13.2 Å². The highest BCUT2D eigenvalue weighted by Gasteiger charge is 2.33. The number of carbonyl (C=O) groups excluding carboxylic acids is 2. The first-order valence-corrected chi connectivity index (χ1v) is 10.7. The summed E-state index contributed by atoms with van der Waals surface area (Å²) in [5.74, 6) is -0.479. The molecule has 0 radical (unpaired) electrons. The number of carbonyl (C=O) groups is 2. The number of hydrogen-bond donors (Lipinski definition) is 1. The smallest absolute Gasteiger partial charge is 0.325 e. The molecule has 7 nitrogen and oxygen atoms in total. The van der Waals surface area contributed by atoms with Crippen molar-refractivity contribution in [1.29, 1.82) is 0 Å². The van der Waals surface area contributed by atoms with E-state index in [1.807, 2.05) is 9.80 Å². The average molecular weight is 476 g/mol. The van der Waals surface area contributed by atoms with Crippen molar-refractivity contribution in [2.75, 3.05) is 56.5 Å². The molecule has 12 heteroatoms. The van der Waals surface area contributed by atoms with E-state index in [-0.39, 0.29) is 24.7 Å². The van der Waals surface area contributed by atoms with Crippen molar-refractivity contribution >= 4 is 45.6 Å². The van der Waals surface area contributed by atoms with Gasteiger partial charge in [-0.25, -0.2) is 4.98 Å². The van der Waals surface area contributed by atoms with Gasteiger partial charge in [-0.05, 0) is 18.2 Å². The van der Waals surface area contributed by atoms with Gasteiger partial charge < -0.3 is 5.32 Å². The lowest BCUT2D eigenvalue weighted by Crippen LogP contribution is -2.51. The number of nitrogens with one attached hydrogen (secondary N) is 1. The van der Waals surface area contributed by atoms with Gasteiger partial charge >= 0.3 is 6.18 Å². The molecule has 2 aromatic rings. The molecule has 3 rings (SSSR count). The molecule has 1 N–H and O–H groups in total. The van der Waals surface area contributed by atoms with Gasteiger partial charge in [-0.3, -0.25) is 24.3 Å². The number of amides is 2. The lowest BCUT2D eigenvalue weighted by atomic mass is 10.2. The fourth-order valence-electron chi connectivity index (χ4n) is 3.11. The van der Waals surface area contributed by atoms with Crippen LogP contribution in [0.5, 0.6) is 0 Å². The van der Waals surface area contributed by atoms with Crippen molar-refractivity contribution in [3.05, 3.63) is 40.4 Å². The molecule has 0 saturated carbocycles. The summed E-state index contributed by atoms with van der Waals surface area (Å²) >= 11 is 6.98. The minimum atomic E-state index is -4.60. The molecule has 1 aliphatic heterocycles. The van der Waals surface area contributed by atoms with Crippen molar-refractivity contribution in [1.82, 2.24) is 14.8 Å². The molecule has 2 amide bonds. The second-order valence-corrected chi connectivity index (χ2v) is 8.34. The van der Waals surface area contributed by atoms with Crippen molar-refractivity contribution in [2.24, 2.45) is 0 Å². The number of likely N-dealkylation sites (N-methyl/N-ethyl adjacent to an activating group) is 1. The van der Waals surface area contributed by atoms with Crippen LogP contribution >= 0.6 is 22.9 Å². The van der Waals surface area contributed by atoms with Gasteiger partial charge in [0.2, 0.25) is 11.8 Å². The maximum Gasteiger partial charge on any atom is 0.417 e. The molecule has 0 atom stereocenters. The van der Waals surface area contributed by atoms with Gasteiger partial charge in [0.1, 0.15) is 0 Å². The molecule has 1 aromatic carbocycles. The lowest BCUT2D eigenvalue weighted by Gasteiger charge is -2.34. The Labute approximate surface area is 186 Å². The fraction of sp³-hybridized carbons (Fsp3) is 0.421. The third-order valence-electron chi connectivity index (χ3n) is 4.83. The number of piperazine rings is 1. The van der Waals surface area contributed by atoms with Gasteiger partial charge in [0, 0.05) is 50.5 Å². The number of alkyl halides is 3. The van der Waals surface area contributed by atoms with Gasteiger partial charge in [0.15, 0.2) is 5.13 Å². The van der Waals surface area contributed by atoms with Crippen LogP contribution in [0.2, 0.25) is 5.02 Å². The van der Waals surface area contributed by atoms with Crippen LogP contribution in [0.15, 0.2) is 29.8 Å². The monoisotopic (exact) mass is 475 g/mol. The first-order chi connectivity index (χ1) is 14.6. The second kappa shape index (κ2) is 9.94. The minimum Gasteiger partial charge on any atom is -0.325 e. The Kier molecular flexibility index (Phi) is 7.52. The lowest BCUT2D eigenvalue weighted by molar-refractivity contribution is -0.137. The van der Waals surface area contributed by atoms with Gasteiger partial charge in [0.05, 0.1) is 23.7 Å². The van der Waals surface area contributed by atoms with Gasteiger partial charge in [-0.1, -0.05) is 11.6 Å². The SMILES string of the molecule is CN(C(=O)CN1CCN(CC(=O)Nc2ccc(Cl)c(C(F)(F)F)c2)CC1)c1nccs1. The van der Waals surface area contributed by atoms with Crippen LogP contribution in [-0.4, -0.2) is 72.9 Å². The molecule has 0 spiro atoms. The van der Waals surface area contributed by atoms with Crippen LogP contribution in [-0.2, 0) is 15.8 Å². The molecule has 1 aliphatic rings. The number of halogens is 4. The molecule has 1 saturated heterocycles. The third kappa shape index (κ3) is 6.39. The number of thiazole rings is 1. The Morgan fingerprint density at radius 2 is 1.84 bits per heavy atom. The predicted molar refractivity (Wildman–Crippen MR) is 113 cm³/mol. The van der Waals surface area contributed by atoms with E-state index in [1.54, 1.807) is 18.6 Å². The molecular weight excluding hydrogens is 455 g/mol. The maximum atomic E-state index is 13.0. The van der Waals surface area contributed by atoms with E-state index >= 15 is 0 Å². The Morgan fingerprint density at radius 1 is 1.19 bits per heavy atom. The van der Waals surface area contributed by atoms with Crippen LogP contribution in [0, 0.1) is 0 Å². The highest BCUT2D eigenvalue weighted by molar-refractivity contribution is 7.13. The first-order valence-electron chi connectivity index (χ1n) is 9.41. The molecule has 31 heavy (non-hydrogen) atoms. The average Bonchev–Trinajstić information content (AvgIpc) is 3.24. The number of nitrogens with zero attached hydrogens (tertiary/aromatic N) is 4. The molecule has 168 valence electrons. The van der Waals surface area contributed by atoms with Crippen molar-refractivity contribution in [3.63, 3.8) is 0 Å². The zero-order valence-corrected chi connectivity index (χ0v) is 18.2. The number of rotatable bonds is 6. The number of aromatic nitrogens is 1. The summed E-state index contributed by atoms with van der Waals surface area (Å²) in [5, 5.41) is 4.50. The summed E-state index contributed by atoms with van der Waals surface area (Å²) in [4.78, 5) is 34.2. The van der Waals surface area contributed by atoms with Crippen molar-refractivity contribution in [3.8, 4) is 0 Å². The summed E-state index contributed by atoms with van der Waals surface area (Å²) in [5.41, 5.74) is -0.954. The van der Waals surface area contributed by atoms with E-state index in [0.717, 1.165) is 12.1 Å². The van der Waals surface area contributed by atoms with E-state index < -0.39 is 22.7 Å².